The minimum atomic E-state index is -0.313. The van der Waals surface area contributed by atoms with Crippen molar-refractivity contribution in [2.75, 3.05) is 7.11 Å². The molecule has 1 aliphatic carbocycles. The molecule has 6 nitrogen and oxygen atoms in total. The average molecular weight is 394 g/mol. The monoisotopic (exact) mass is 394 g/mol. The van der Waals surface area contributed by atoms with E-state index in [1.54, 1.807) is 19.2 Å². The van der Waals surface area contributed by atoms with E-state index in [-0.39, 0.29) is 10.6 Å². The third-order valence-electron chi connectivity index (χ3n) is 6.05. The van der Waals surface area contributed by atoms with Gasteiger partial charge < -0.3 is 15.0 Å². The molecular formula is C23H28N3O3+. The van der Waals surface area contributed by atoms with Crippen molar-refractivity contribution in [2.24, 2.45) is 0 Å². The van der Waals surface area contributed by atoms with E-state index in [9.17, 15) is 10.1 Å². The third-order valence-corrected chi connectivity index (χ3v) is 6.05. The molecule has 2 atom stereocenters. The van der Waals surface area contributed by atoms with Crippen LogP contribution in [0.1, 0.15) is 49.0 Å². The molecule has 2 aromatic carbocycles. The quantitative estimate of drug-likeness (QED) is 0.468. The second-order valence-electron chi connectivity index (χ2n) is 8.06. The smallest absolute Gasteiger partial charge is 0.270 e. The lowest BCUT2D eigenvalue weighted by atomic mass is 9.91. The van der Waals surface area contributed by atoms with Crippen molar-refractivity contribution >= 4 is 16.6 Å². The van der Waals surface area contributed by atoms with Crippen LogP contribution in [0, 0.1) is 10.1 Å². The SMILES string of the molecule is COc1ccc(CC[C@@H](C)[NH2+][C@H]2CCCc3c2[nH]c2ccc([N+](=O)[O-])cc32)cc1. The Morgan fingerprint density at radius 1 is 1.28 bits per heavy atom. The number of benzene rings is 2. The number of nitrogens with two attached hydrogens (primary N) is 1. The molecule has 152 valence electrons. The second kappa shape index (κ2) is 8.25. The van der Waals surface area contributed by atoms with E-state index in [0.29, 0.717) is 12.1 Å². The van der Waals surface area contributed by atoms with Gasteiger partial charge in [0.25, 0.3) is 5.69 Å². The summed E-state index contributed by atoms with van der Waals surface area (Å²) in [7, 11) is 1.69. The molecule has 0 fully saturated rings. The minimum absolute atomic E-state index is 0.165. The Hall–Kier alpha value is -2.86. The molecule has 1 heterocycles. The van der Waals surface area contributed by atoms with Crippen molar-refractivity contribution < 1.29 is 15.0 Å². The minimum Gasteiger partial charge on any atom is -0.497 e. The van der Waals surface area contributed by atoms with Gasteiger partial charge in [-0.25, -0.2) is 0 Å². The fraction of sp³-hybridized carbons (Fsp3) is 0.391. The van der Waals surface area contributed by atoms with Crippen LogP contribution in [-0.4, -0.2) is 23.1 Å². The maximum atomic E-state index is 11.2. The first-order valence-corrected chi connectivity index (χ1v) is 10.3. The van der Waals surface area contributed by atoms with E-state index in [2.05, 4.69) is 29.4 Å². The standard InChI is InChI=1S/C23H27N3O3/c1-15(6-7-16-8-11-18(29-2)12-9-16)24-22-5-3-4-19-20-14-17(26(27)28)10-13-21(20)25-23(19)22/h8-15,22,24-25H,3-7H2,1-2H3/p+1/t15-,22+/m1/s1. The lowest BCUT2D eigenvalue weighted by Crippen LogP contribution is -2.90. The molecule has 0 radical (unpaired) electrons. The number of methoxy groups -OCH3 is 1. The number of nitro benzene ring substituents is 1. The van der Waals surface area contributed by atoms with E-state index in [1.807, 2.05) is 18.2 Å². The average Bonchev–Trinajstić information content (AvgIpc) is 3.11. The highest BCUT2D eigenvalue weighted by atomic mass is 16.6. The number of aryl methyl sites for hydroxylation is 2. The summed E-state index contributed by atoms with van der Waals surface area (Å²) in [4.78, 5) is 14.4. The molecule has 0 amide bonds. The molecule has 3 aromatic rings. The van der Waals surface area contributed by atoms with Crippen molar-refractivity contribution in [1.29, 1.82) is 0 Å². The van der Waals surface area contributed by atoms with Gasteiger partial charge in [0.2, 0.25) is 0 Å². The van der Waals surface area contributed by atoms with Gasteiger partial charge in [0, 0.05) is 35.9 Å². The van der Waals surface area contributed by atoms with Gasteiger partial charge in [-0.15, -0.1) is 0 Å². The number of quaternary nitrogens is 1. The predicted octanol–water partition coefficient (Wildman–Crippen LogP) is 4.05. The largest absolute Gasteiger partial charge is 0.497 e. The molecule has 3 N–H and O–H groups in total. The first-order valence-electron chi connectivity index (χ1n) is 10.3. The molecule has 0 saturated carbocycles. The van der Waals surface area contributed by atoms with E-state index in [0.717, 1.165) is 48.8 Å². The summed E-state index contributed by atoms with van der Waals surface area (Å²) in [5.41, 5.74) is 5.01. The first-order chi connectivity index (χ1) is 14.0. The number of nitrogens with one attached hydrogen (secondary N) is 1. The second-order valence-corrected chi connectivity index (χ2v) is 8.06. The van der Waals surface area contributed by atoms with Crippen LogP contribution in [0.25, 0.3) is 10.9 Å². The number of H-pyrrole nitrogens is 1. The van der Waals surface area contributed by atoms with Crippen LogP contribution in [0.2, 0.25) is 0 Å². The van der Waals surface area contributed by atoms with Gasteiger partial charge in [-0.3, -0.25) is 10.1 Å². The highest BCUT2D eigenvalue weighted by Gasteiger charge is 2.28. The Kier molecular flexibility index (Phi) is 5.53. The maximum Gasteiger partial charge on any atom is 0.270 e. The number of fused-ring (bicyclic) bond motifs is 3. The van der Waals surface area contributed by atoms with Crippen molar-refractivity contribution in [1.82, 2.24) is 4.98 Å². The van der Waals surface area contributed by atoms with Crippen LogP contribution < -0.4 is 10.1 Å². The zero-order valence-electron chi connectivity index (χ0n) is 17.0. The zero-order valence-corrected chi connectivity index (χ0v) is 17.0. The van der Waals surface area contributed by atoms with Gasteiger partial charge in [0.05, 0.1) is 23.8 Å². The summed E-state index contributed by atoms with van der Waals surface area (Å²) >= 11 is 0. The van der Waals surface area contributed by atoms with Gasteiger partial charge >= 0.3 is 0 Å². The fourth-order valence-electron chi connectivity index (χ4n) is 4.47. The molecule has 1 aromatic heterocycles. The van der Waals surface area contributed by atoms with Gasteiger partial charge in [0.15, 0.2) is 0 Å². The van der Waals surface area contributed by atoms with Gasteiger partial charge in [0.1, 0.15) is 11.8 Å². The number of rotatable bonds is 7. The lowest BCUT2D eigenvalue weighted by molar-refractivity contribution is -0.727. The molecule has 0 aliphatic heterocycles. The molecular weight excluding hydrogens is 366 g/mol. The Bertz CT molecular complexity index is 1010. The van der Waals surface area contributed by atoms with Crippen LogP contribution in [-0.2, 0) is 12.8 Å². The van der Waals surface area contributed by atoms with Crippen molar-refractivity contribution in [3.05, 3.63) is 69.4 Å². The molecule has 1 aliphatic rings. The Balaban J connectivity index is 1.46. The Morgan fingerprint density at radius 3 is 2.79 bits per heavy atom. The molecule has 0 bridgehead atoms. The Labute approximate surface area is 170 Å². The number of aromatic amines is 1. The topological polar surface area (TPSA) is 84.8 Å². The Morgan fingerprint density at radius 2 is 2.07 bits per heavy atom. The zero-order chi connectivity index (χ0) is 20.4. The summed E-state index contributed by atoms with van der Waals surface area (Å²) in [5, 5.41) is 14.6. The molecule has 0 unspecified atom stereocenters. The summed E-state index contributed by atoms with van der Waals surface area (Å²) < 4.78 is 5.23. The maximum absolute atomic E-state index is 11.2. The van der Waals surface area contributed by atoms with Crippen molar-refractivity contribution in [2.45, 2.75) is 51.1 Å². The number of hydrogen-bond acceptors (Lipinski definition) is 3. The van der Waals surface area contributed by atoms with Crippen molar-refractivity contribution in [3.8, 4) is 5.75 Å². The molecule has 29 heavy (non-hydrogen) atoms. The predicted molar refractivity (Wildman–Crippen MR) is 113 cm³/mol. The first kappa shape index (κ1) is 19.5. The van der Waals surface area contributed by atoms with E-state index < -0.39 is 0 Å². The molecule has 4 rings (SSSR count). The van der Waals surface area contributed by atoms with Crippen LogP contribution >= 0.6 is 0 Å². The highest BCUT2D eigenvalue weighted by molar-refractivity contribution is 5.87. The summed E-state index contributed by atoms with van der Waals surface area (Å²) in [6.45, 7) is 2.28. The van der Waals surface area contributed by atoms with E-state index in [1.165, 1.54) is 16.8 Å². The lowest BCUT2D eigenvalue weighted by Gasteiger charge is -2.24. The van der Waals surface area contributed by atoms with Gasteiger partial charge in [-0.1, -0.05) is 12.1 Å². The number of non-ortho nitro benzene ring substituents is 1. The van der Waals surface area contributed by atoms with Gasteiger partial charge in [-0.2, -0.15) is 0 Å². The highest BCUT2D eigenvalue weighted by Crippen LogP contribution is 2.34. The fourth-order valence-corrected chi connectivity index (χ4v) is 4.47. The summed E-state index contributed by atoms with van der Waals surface area (Å²) in [5.74, 6) is 0.891. The number of nitro groups is 1. The number of hydrogen-bond donors (Lipinski definition) is 2. The van der Waals surface area contributed by atoms with E-state index >= 15 is 0 Å². The van der Waals surface area contributed by atoms with E-state index in [4.69, 9.17) is 4.74 Å². The van der Waals surface area contributed by atoms with Crippen LogP contribution in [0.15, 0.2) is 42.5 Å². The number of nitrogens with zero attached hydrogens (tertiary/aromatic N) is 1. The normalized spacial score (nSPS) is 17.1. The van der Waals surface area contributed by atoms with Gasteiger partial charge in [-0.05, 0) is 55.5 Å². The third kappa shape index (κ3) is 4.12. The molecule has 0 spiro atoms. The molecule has 6 heteroatoms. The van der Waals surface area contributed by atoms with Crippen LogP contribution in [0.4, 0.5) is 5.69 Å². The summed E-state index contributed by atoms with van der Waals surface area (Å²) in [6, 6.07) is 14.3. The van der Waals surface area contributed by atoms with Crippen molar-refractivity contribution in [3.63, 3.8) is 0 Å². The number of aromatic nitrogens is 1. The van der Waals surface area contributed by atoms with Crippen LogP contribution in [0.3, 0.4) is 0 Å². The number of ether oxygens (including phenoxy) is 1. The molecule has 0 saturated heterocycles. The summed E-state index contributed by atoms with van der Waals surface area (Å²) in [6.07, 6.45) is 5.38. The van der Waals surface area contributed by atoms with Crippen LogP contribution in [0.5, 0.6) is 5.75 Å².